The van der Waals surface area contributed by atoms with E-state index in [1.807, 2.05) is 0 Å². The molecule has 5 nitrogen and oxygen atoms in total. The largest absolute Gasteiger partial charge is 0.471 e. The molecule has 3 amide bonds. The maximum Gasteiger partial charge on any atom is 0.471 e. The number of halogens is 4. The van der Waals surface area contributed by atoms with Crippen LogP contribution in [0.2, 0.25) is 0 Å². The van der Waals surface area contributed by atoms with Gasteiger partial charge in [0, 0.05) is 17.7 Å². The van der Waals surface area contributed by atoms with Crippen LogP contribution in [-0.2, 0) is 14.4 Å². The summed E-state index contributed by atoms with van der Waals surface area (Å²) in [6.07, 6.45) is -8.07. The molecule has 0 saturated heterocycles. The summed E-state index contributed by atoms with van der Waals surface area (Å²) in [5.41, 5.74) is -1.31. The first-order valence-electron chi connectivity index (χ1n) is 6.72. The topological polar surface area (TPSA) is 57.7 Å². The third kappa shape index (κ3) is 5.04. The zero-order valence-electron chi connectivity index (χ0n) is 13.6. The molecule has 0 rings (SSSR count). The Kier molecular flexibility index (Phi) is 6.50. The van der Waals surface area contributed by atoms with E-state index in [0.717, 1.165) is 6.92 Å². The number of hydrogen-bond acceptors (Lipinski definition) is 3. The van der Waals surface area contributed by atoms with Crippen molar-refractivity contribution in [2.45, 2.75) is 52.6 Å². The Morgan fingerprint density at radius 1 is 1.13 bits per heavy atom. The lowest BCUT2D eigenvalue weighted by molar-refractivity contribution is -0.190. The van der Waals surface area contributed by atoms with Crippen molar-refractivity contribution in [3.63, 3.8) is 0 Å². The second-order valence-corrected chi connectivity index (χ2v) is 5.85. The summed E-state index contributed by atoms with van der Waals surface area (Å²) < 4.78 is 51.9. The average molecular weight is 340 g/mol. The quantitative estimate of drug-likeness (QED) is 0.449. The minimum absolute atomic E-state index is 0.0967. The highest BCUT2D eigenvalue weighted by Gasteiger charge is 2.48. The predicted octanol–water partition coefficient (Wildman–Crippen LogP) is 2.42. The Balaban J connectivity index is 5.71. The molecule has 9 heteroatoms. The highest BCUT2D eigenvalue weighted by atomic mass is 19.4. The normalized spacial score (nSPS) is 13.3. The van der Waals surface area contributed by atoms with Gasteiger partial charge in [-0.25, -0.2) is 4.39 Å². The van der Waals surface area contributed by atoms with E-state index in [4.69, 9.17) is 0 Å². The molecule has 0 bridgehead atoms. The molecule has 0 spiro atoms. The number of likely N-dealkylation sites (N-methyl/N-ethyl adjacent to an activating group) is 1. The molecule has 23 heavy (non-hydrogen) atoms. The fraction of sp³-hybridized carbons (Fsp3) is 0.643. The molecule has 0 radical (unpaired) electrons. The summed E-state index contributed by atoms with van der Waals surface area (Å²) >= 11 is 0. The van der Waals surface area contributed by atoms with Crippen LogP contribution in [0.4, 0.5) is 17.6 Å². The molecule has 0 aliphatic rings. The van der Waals surface area contributed by atoms with Gasteiger partial charge in [0.1, 0.15) is 0 Å². The Morgan fingerprint density at radius 2 is 1.57 bits per heavy atom. The van der Waals surface area contributed by atoms with Crippen molar-refractivity contribution >= 4 is 17.7 Å². The maximum absolute atomic E-state index is 14.5. The lowest BCUT2D eigenvalue weighted by Gasteiger charge is -2.38. The van der Waals surface area contributed by atoms with Crippen molar-refractivity contribution in [1.82, 2.24) is 9.80 Å². The maximum atomic E-state index is 14.5. The first-order valence-corrected chi connectivity index (χ1v) is 6.72. The van der Waals surface area contributed by atoms with Gasteiger partial charge in [-0.05, 0) is 34.6 Å². The van der Waals surface area contributed by atoms with Crippen LogP contribution in [-0.4, -0.2) is 52.1 Å². The van der Waals surface area contributed by atoms with Gasteiger partial charge in [0.2, 0.25) is 0 Å². The van der Waals surface area contributed by atoms with Gasteiger partial charge in [0.05, 0.1) is 0 Å². The second kappa shape index (κ2) is 7.10. The van der Waals surface area contributed by atoms with Gasteiger partial charge >= 0.3 is 12.1 Å². The Morgan fingerprint density at radius 3 is 1.83 bits per heavy atom. The molecule has 0 aliphatic heterocycles. The molecule has 132 valence electrons. The molecule has 1 unspecified atom stereocenters. The summed E-state index contributed by atoms with van der Waals surface area (Å²) in [6, 6.07) is 0. The summed E-state index contributed by atoms with van der Waals surface area (Å²) in [5.74, 6) is -5.17. The van der Waals surface area contributed by atoms with Gasteiger partial charge in [-0.3, -0.25) is 24.2 Å². The highest BCUT2D eigenvalue weighted by Crippen LogP contribution is 2.24. The van der Waals surface area contributed by atoms with E-state index in [2.05, 4.69) is 6.58 Å². The lowest BCUT2D eigenvalue weighted by Crippen LogP contribution is -2.58. The molecule has 0 aromatic carbocycles. The Hall–Kier alpha value is -1.93. The number of rotatable bonds is 4. The number of imide groups is 1. The van der Waals surface area contributed by atoms with Gasteiger partial charge in [0.15, 0.2) is 0 Å². The van der Waals surface area contributed by atoms with E-state index in [0.29, 0.717) is 4.90 Å². The molecule has 0 aromatic heterocycles. The minimum Gasteiger partial charge on any atom is -0.296 e. The van der Waals surface area contributed by atoms with Crippen molar-refractivity contribution in [2.75, 3.05) is 6.54 Å². The molecule has 0 N–H and O–H groups in total. The van der Waals surface area contributed by atoms with Crippen LogP contribution in [0.1, 0.15) is 34.6 Å². The fourth-order valence-electron chi connectivity index (χ4n) is 1.74. The molecule has 0 aliphatic carbocycles. The van der Waals surface area contributed by atoms with Crippen LogP contribution >= 0.6 is 0 Å². The number of alkyl halides is 4. The molecule has 0 saturated carbocycles. The summed E-state index contributed by atoms with van der Waals surface area (Å²) in [4.78, 5) is 35.4. The van der Waals surface area contributed by atoms with E-state index < -0.39 is 42.3 Å². The van der Waals surface area contributed by atoms with E-state index in [9.17, 15) is 31.9 Å². The van der Waals surface area contributed by atoms with E-state index in [1.54, 1.807) is 0 Å². The van der Waals surface area contributed by atoms with Crippen molar-refractivity contribution in [2.24, 2.45) is 0 Å². The van der Waals surface area contributed by atoms with E-state index in [1.165, 1.54) is 27.7 Å². The Bertz CT molecular complexity index is 509. The molecule has 1 atom stereocenters. The molecule has 0 fully saturated rings. The van der Waals surface area contributed by atoms with Gasteiger partial charge < -0.3 is 0 Å². The standard InChI is InChI=1S/C14H20F4N2O3/c1-7-19(12(23)14(16,17)18)11(22)9(15)20(13(4,5)6)10(21)8(2)3/h9H,2,7H2,1,3-6H3. The van der Waals surface area contributed by atoms with Gasteiger partial charge in [-0.1, -0.05) is 6.58 Å². The summed E-state index contributed by atoms with van der Waals surface area (Å²) in [5, 5.41) is 0. The number of carbonyl (C=O) groups is 3. The van der Waals surface area contributed by atoms with Gasteiger partial charge in [-0.2, -0.15) is 13.2 Å². The zero-order valence-corrected chi connectivity index (χ0v) is 13.6. The van der Waals surface area contributed by atoms with Crippen molar-refractivity contribution < 1.29 is 31.9 Å². The monoisotopic (exact) mass is 340 g/mol. The molecular weight excluding hydrogens is 320 g/mol. The Labute approximate surface area is 131 Å². The molecular formula is C14H20F4N2O3. The van der Waals surface area contributed by atoms with Crippen LogP contribution in [0, 0.1) is 0 Å². The fourth-order valence-corrected chi connectivity index (χ4v) is 1.74. The van der Waals surface area contributed by atoms with Crippen LogP contribution in [0.15, 0.2) is 12.2 Å². The number of carbonyl (C=O) groups excluding carboxylic acids is 3. The first-order chi connectivity index (χ1) is 10.2. The van der Waals surface area contributed by atoms with Gasteiger partial charge in [-0.15, -0.1) is 0 Å². The molecule has 0 aromatic rings. The van der Waals surface area contributed by atoms with Crippen molar-refractivity contribution in [1.29, 1.82) is 0 Å². The zero-order chi connectivity index (χ0) is 18.7. The van der Waals surface area contributed by atoms with Crippen LogP contribution in [0.5, 0.6) is 0 Å². The second-order valence-electron chi connectivity index (χ2n) is 5.85. The summed E-state index contributed by atoms with van der Waals surface area (Å²) in [7, 11) is 0. The minimum atomic E-state index is -5.32. The number of amides is 3. The first kappa shape index (κ1) is 21.1. The van der Waals surface area contributed by atoms with E-state index in [-0.39, 0.29) is 10.5 Å². The number of hydrogen-bond donors (Lipinski definition) is 0. The van der Waals surface area contributed by atoms with Crippen molar-refractivity contribution in [3.8, 4) is 0 Å². The SMILES string of the molecule is C=C(C)C(=O)N(C(F)C(=O)N(CC)C(=O)C(F)(F)F)C(C)(C)C. The number of nitrogens with zero attached hydrogens (tertiary/aromatic N) is 2. The van der Waals surface area contributed by atoms with Crippen LogP contribution in [0.25, 0.3) is 0 Å². The van der Waals surface area contributed by atoms with Crippen LogP contribution in [0.3, 0.4) is 0 Å². The lowest BCUT2D eigenvalue weighted by atomic mass is 10.0. The smallest absolute Gasteiger partial charge is 0.296 e. The third-order valence-electron chi connectivity index (χ3n) is 2.81. The van der Waals surface area contributed by atoms with E-state index >= 15 is 0 Å². The molecule has 0 heterocycles. The van der Waals surface area contributed by atoms with Crippen LogP contribution < -0.4 is 0 Å². The predicted molar refractivity (Wildman–Crippen MR) is 74.8 cm³/mol. The van der Waals surface area contributed by atoms with Crippen molar-refractivity contribution in [3.05, 3.63) is 12.2 Å². The van der Waals surface area contributed by atoms with Gasteiger partial charge in [0.25, 0.3) is 18.1 Å². The summed E-state index contributed by atoms with van der Waals surface area (Å²) in [6.45, 7) is 9.22. The average Bonchev–Trinajstić information content (AvgIpc) is 2.36. The highest BCUT2D eigenvalue weighted by molar-refractivity contribution is 6.02. The third-order valence-corrected chi connectivity index (χ3v) is 2.81.